The van der Waals surface area contributed by atoms with Crippen LogP contribution in [0.2, 0.25) is 0 Å². The van der Waals surface area contributed by atoms with Crippen molar-refractivity contribution in [3.8, 4) is 5.75 Å². The number of nitrogens with one attached hydrogen (secondary N) is 1. The Kier molecular flexibility index (Phi) is 4.21. The zero-order valence-corrected chi connectivity index (χ0v) is 13.8. The quantitative estimate of drug-likeness (QED) is 0.781. The maximum atomic E-state index is 12.4. The summed E-state index contributed by atoms with van der Waals surface area (Å²) in [6, 6.07) is 16.0. The average Bonchev–Trinajstić information content (AvgIpc) is 3.29. The lowest BCUT2D eigenvalue weighted by molar-refractivity contribution is -0.127. The number of aromatic nitrogens is 2. The highest BCUT2D eigenvalue weighted by atomic mass is 16.5. The Hall–Kier alpha value is -3.08. The molecule has 1 aromatic heterocycles. The molecule has 0 fully saturated rings. The molecule has 25 heavy (non-hydrogen) atoms. The van der Waals surface area contributed by atoms with Crippen LogP contribution in [0.3, 0.4) is 0 Å². The van der Waals surface area contributed by atoms with Crippen molar-refractivity contribution in [3.63, 3.8) is 0 Å². The summed E-state index contributed by atoms with van der Waals surface area (Å²) >= 11 is 0. The normalized spacial score (nSPS) is 15.4. The Labute approximate surface area is 146 Å². The third-order valence-electron chi connectivity index (χ3n) is 4.32. The Morgan fingerprint density at radius 2 is 2.08 bits per heavy atom. The van der Waals surface area contributed by atoms with E-state index >= 15 is 0 Å². The van der Waals surface area contributed by atoms with Gasteiger partial charge in [-0.3, -0.25) is 4.79 Å². The first-order valence-electron chi connectivity index (χ1n) is 8.34. The Balaban J connectivity index is 1.35. The highest BCUT2D eigenvalue weighted by Gasteiger charge is 2.28. The third kappa shape index (κ3) is 3.55. The van der Waals surface area contributed by atoms with E-state index in [0.717, 1.165) is 23.4 Å². The van der Waals surface area contributed by atoms with E-state index in [1.807, 2.05) is 47.2 Å². The molecule has 1 N–H and O–H groups in total. The summed E-state index contributed by atoms with van der Waals surface area (Å²) in [6.07, 6.45) is 5.69. The SMILES string of the molecule is O=C(NCc1cccc(Cn2ccnc2)c1)C1Cc2ccccc2O1. The second-order valence-electron chi connectivity index (χ2n) is 6.19. The molecule has 0 aliphatic carbocycles. The maximum absolute atomic E-state index is 12.4. The van der Waals surface area contributed by atoms with Gasteiger partial charge in [0, 0.05) is 31.9 Å². The topological polar surface area (TPSA) is 56.2 Å². The first-order chi connectivity index (χ1) is 12.3. The molecule has 1 aliphatic heterocycles. The van der Waals surface area contributed by atoms with Gasteiger partial charge < -0.3 is 14.6 Å². The molecular formula is C20H19N3O2. The predicted octanol–water partition coefficient (Wildman–Crippen LogP) is 2.55. The van der Waals surface area contributed by atoms with E-state index in [9.17, 15) is 4.79 Å². The van der Waals surface area contributed by atoms with Gasteiger partial charge in [-0.2, -0.15) is 0 Å². The van der Waals surface area contributed by atoms with Crippen molar-refractivity contribution < 1.29 is 9.53 Å². The lowest BCUT2D eigenvalue weighted by Gasteiger charge is -2.12. The number of nitrogens with zero attached hydrogens (tertiary/aromatic N) is 2. The summed E-state index contributed by atoms with van der Waals surface area (Å²) in [6.45, 7) is 1.26. The summed E-state index contributed by atoms with van der Waals surface area (Å²) in [4.78, 5) is 16.4. The fourth-order valence-corrected chi connectivity index (χ4v) is 3.06. The molecule has 2 heterocycles. The van der Waals surface area contributed by atoms with Crippen molar-refractivity contribution in [3.05, 3.63) is 83.9 Å². The minimum Gasteiger partial charge on any atom is -0.480 e. The van der Waals surface area contributed by atoms with E-state index in [2.05, 4.69) is 22.4 Å². The first kappa shape index (κ1) is 15.4. The van der Waals surface area contributed by atoms with Crippen LogP contribution in [0.4, 0.5) is 0 Å². The van der Waals surface area contributed by atoms with Gasteiger partial charge in [0.25, 0.3) is 5.91 Å². The Morgan fingerprint density at radius 3 is 2.92 bits per heavy atom. The molecular weight excluding hydrogens is 314 g/mol. The number of fused-ring (bicyclic) bond motifs is 1. The van der Waals surface area contributed by atoms with Crippen LogP contribution in [0, 0.1) is 0 Å². The highest BCUT2D eigenvalue weighted by molar-refractivity contribution is 5.82. The summed E-state index contributed by atoms with van der Waals surface area (Å²) in [5.41, 5.74) is 3.33. The lowest BCUT2D eigenvalue weighted by Crippen LogP contribution is -2.37. The molecule has 0 saturated heterocycles. The van der Waals surface area contributed by atoms with Crippen LogP contribution in [0.25, 0.3) is 0 Å². The molecule has 4 rings (SSSR count). The molecule has 1 unspecified atom stereocenters. The van der Waals surface area contributed by atoms with Crippen molar-refractivity contribution in [1.82, 2.24) is 14.9 Å². The van der Waals surface area contributed by atoms with E-state index in [1.165, 1.54) is 5.56 Å². The van der Waals surface area contributed by atoms with Crippen LogP contribution >= 0.6 is 0 Å². The van der Waals surface area contributed by atoms with E-state index in [1.54, 1.807) is 12.5 Å². The largest absolute Gasteiger partial charge is 0.480 e. The zero-order chi connectivity index (χ0) is 17.1. The molecule has 5 heteroatoms. The zero-order valence-electron chi connectivity index (χ0n) is 13.8. The van der Waals surface area contributed by atoms with Crippen LogP contribution in [0.15, 0.2) is 67.3 Å². The molecule has 3 aromatic rings. The van der Waals surface area contributed by atoms with Gasteiger partial charge in [0.15, 0.2) is 6.10 Å². The summed E-state index contributed by atoms with van der Waals surface area (Å²) < 4.78 is 7.74. The monoisotopic (exact) mass is 333 g/mol. The summed E-state index contributed by atoms with van der Waals surface area (Å²) in [5.74, 6) is 0.737. The standard InChI is InChI=1S/C20H19N3O2/c24-20(19-11-17-6-1-2-7-18(17)25-19)22-12-15-4-3-5-16(10-15)13-23-9-8-21-14-23/h1-10,14,19H,11-13H2,(H,22,24). The van der Waals surface area contributed by atoms with Gasteiger partial charge in [-0.05, 0) is 22.8 Å². The molecule has 1 atom stereocenters. The molecule has 0 saturated carbocycles. The van der Waals surface area contributed by atoms with Gasteiger partial charge in [0.2, 0.25) is 0 Å². The van der Waals surface area contributed by atoms with Crippen molar-refractivity contribution in [2.45, 2.75) is 25.6 Å². The van der Waals surface area contributed by atoms with Crippen LogP contribution in [-0.2, 0) is 24.3 Å². The fourth-order valence-electron chi connectivity index (χ4n) is 3.06. The van der Waals surface area contributed by atoms with Crippen molar-refractivity contribution in [2.75, 3.05) is 0 Å². The second kappa shape index (κ2) is 6.81. The van der Waals surface area contributed by atoms with Crippen LogP contribution < -0.4 is 10.1 Å². The number of carbonyl (C=O) groups excluding carboxylic acids is 1. The number of imidazole rings is 1. The highest BCUT2D eigenvalue weighted by Crippen LogP contribution is 2.28. The van der Waals surface area contributed by atoms with Gasteiger partial charge in [-0.1, -0.05) is 42.5 Å². The number of para-hydroxylation sites is 1. The Bertz CT molecular complexity index is 849. The molecule has 0 radical (unpaired) electrons. The van der Waals surface area contributed by atoms with Crippen LogP contribution in [0.1, 0.15) is 16.7 Å². The van der Waals surface area contributed by atoms with Crippen molar-refractivity contribution >= 4 is 5.91 Å². The van der Waals surface area contributed by atoms with Crippen LogP contribution in [-0.4, -0.2) is 21.6 Å². The fraction of sp³-hybridized carbons (Fsp3) is 0.200. The van der Waals surface area contributed by atoms with Crippen LogP contribution in [0.5, 0.6) is 5.75 Å². The number of hydrogen-bond donors (Lipinski definition) is 1. The predicted molar refractivity (Wildman–Crippen MR) is 94.2 cm³/mol. The van der Waals surface area contributed by atoms with Crippen molar-refractivity contribution in [2.24, 2.45) is 0 Å². The molecule has 1 aliphatic rings. The minimum atomic E-state index is -0.438. The number of amides is 1. The third-order valence-corrected chi connectivity index (χ3v) is 4.32. The van der Waals surface area contributed by atoms with E-state index in [-0.39, 0.29) is 5.91 Å². The number of ether oxygens (including phenoxy) is 1. The van der Waals surface area contributed by atoms with E-state index < -0.39 is 6.10 Å². The molecule has 1 amide bonds. The number of carbonyl (C=O) groups is 1. The molecule has 126 valence electrons. The molecule has 2 aromatic carbocycles. The lowest BCUT2D eigenvalue weighted by atomic mass is 10.1. The number of hydrogen-bond acceptors (Lipinski definition) is 3. The van der Waals surface area contributed by atoms with E-state index in [4.69, 9.17) is 4.74 Å². The summed E-state index contributed by atoms with van der Waals surface area (Å²) in [5, 5.41) is 2.98. The van der Waals surface area contributed by atoms with Gasteiger partial charge in [0.1, 0.15) is 5.75 Å². The average molecular weight is 333 g/mol. The maximum Gasteiger partial charge on any atom is 0.261 e. The van der Waals surface area contributed by atoms with E-state index in [0.29, 0.717) is 13.0 Å². The van der Waals surface area contributed by atoms with Gasteiger partial charge in [-0.15, -0.1) is 0 Å². The molecule has 0 spiro atoms. The van der Waals surface area contributed by atoms with Crippen molar-refractivity contribution in [1.29, 1.82) is 0 Å². The minimum absolute atomic E-state index is 0.0730. The number of benzene rings is 2. The smallest absolute Gasteiger partial charge is 0.261 e. The molecule has 0 bridgehead atoms. The molecule has 5 nitrogen and oxygen atoms in total. The van der Waals surface area contributed by atoms with Gasteiger partial charge in [0.05, 0.1) is 6.33 Å². The van der Waals surface area contributed by atoms with Gasteiger partial charge >= 0.3 is 0 Å². The van der Waals surface area contributed by atoms with Gasteiger partial charge in [-0.25, -0.2) is 4.98 Å². The summed E-state index contributed by atoms with van der Waals surface area (Å²) in [7, 11) is 0. The Morgan fingerprint density at radius 1 is 1.20 bits per heavy atom. The number of rotatable bonds is 5. The first-order valence-corrected chi connectivity index (χ1v) is 8.34. The second-order valence-corrected chi connectivity index (χ2v) is 6.19.